The molecule has 0 aliphatic carbocycles. The van der Waals surface area contributed by atoms with Crippen molar-refractivity contribution in [2.75, 3.05) is 13.3 Å². The van der Waals surface area contributed by atoms with Gasteiger partial charge in [-0.25, -0.2) is 13.4 Å². The van der Waals surface area contributed by atoms with Gasteiger partial charge in [-0.3, -0.25) is 0 Å². The number of hydrogen-bond donors (Lipinski definition) is 1. The smallest absolute Gasteiger partial charge is 0.219 e. The van der Waals surface area contributed by atoms with Gasteiger partial charge in [0.15, 0.2) is 9.84 Å². The van der Waals surface area contributed by atoms with Crippen molar-refractivity contribution < 1.29 is 13.2 Å². The number of pyridine rings is 1. The van der Waals surface area contributed by atoms with Crippen LogP contribution in [0.5, 0.6) is 11.6 Å². The largest absolute Gasteiger partial charge is 0.439 e. The van der Waals surface area contributed by atoms with Crippen LogP contribution in [0.4, 0.5) is 0 Å². The molecule has 0 aliphatic rings. The molecule has 6 heteroatoms. The van der Waals surface area contributed by atoms with Gasteiger partial charge in [0.05, 0.1) is 4.90 Å². The van der Waals surface area contributed by atoms with Crippen molar-refractivity contribution in [3.05, 3.63) is 48.2 Å². The molecule has 1 N–H and O–H groups in total. The number of sulfone groups is 1. The Balaban J connectivity index is 2.24. The molecule has 0 bridgehead atoms. The summed E-state index contributed by atoms with van der Waals surface area (Å²) in [4.78, 5) is 4.33. The molecule has 5 nitrogen and oxygen atoms in total. The average molecular weight is 292 g/mol. The van der Waals surface area contributed by atoms with Gasteiger partial charge in [-0.05, 0) is 36.9 Å². The molecule has 0 saturated carbocycles. The first-order valence-electron chi connectivity index (χ1n) is 6.06. The molecule has 1 aromatic heterocycles. The molecule has 0 unspecified atom stereocenters. The monoisotopic (exact) mass is 292 g/mol. The number of aromatic nitrogens is 1. The van der Waals surface area contributed by atoms with Crippen molar-refractivity contribution in [1.29, 1.82) is 0 Å². The van der Waals surface area contributed by atoms with E-state index in [0.717, 1.165) is 11.8 Å². The fraction of sp³-hybridized carbons (Fsp3) is 0.214. The van der Waals surface area contributed by atoms with Crippen molar-refractivity contribution in [1.82, 2.24) is 10.3 Å². The van der Waals surface area contributed by atoms with Crippen LogP contribution in [0.2, 0.25) is 0 Å². The van der Waals surface area contributed by atoms with Crippen molar-refractivity contribution in [3.63, 3.8) is 0 Å². The van der Waals surface area contributed by atoms with E-state index in [1.165, 1.54) is 12.1 Å². The van der Waals surface area contributed by atoms with Gasteiger partial charge >= 0.3 is 0 Å². The number of rotatable bonds is 5. The zero-order valence-electron chi connectivity index (χ0n) is 11.3. The zero-order chi connectivity index (χ0) is 14.6. The molecule has 0 saturated heterocycles. The zero-order valence-corrected chi connectivity index (χ0v) is 12.1. The fourth-order valence-corrected chi connectivity index (χ4v) is 2.37. The van der Waals surface area contributed by atoms with Crippen LogP contribution in [0.1, 0.15) is 5.56 Å². The lowest BCUT2D eigenvalue weighted by Crippen LogP contribution is -2.05. The number of ether oxygens (including phenoxy) is 1. The first kappa shape index (κ1) is 14.5. The maximum Gasteiger partial charge on any atom is 0.219 e. The molecule has 0 spiro atoms. The number of hydrogen-bond acceptors (Lipinski definition) is 5. The minimum absolute atomic E-state index is 0.223. The van der Waals surface area contributed by atoms with Gasteiger partial charge in [0.2, 0.25) is 5.88 Å². The summed E-state index contributed by atoms with van der Waals surface area (Å²) in [6.07, 6.45) is 2.82. The summed E-state index contributed by atoms with van der Waals surface area (Å²) in [6.45, 7) is 0.711. The first-order valence-corrected chi connectivity index (χ1v) is 7.96. The van der Waals surface area contributed by atoms with Crippen LogP contribution in [0.15, 0.2) is 47.5 Å². The van der Waals surface area contributed by atoms with Crippen LogP contribution < -0.4 is 10.1 Å². The predicted octanol–water partition coefficient (Wildman–Crippen LogP) is 2.00. The minimum Gasteiger partial charge on any atom is -0.439 e. The van der Waals surface area contributed by atoms with E-state index in [1.807, 2.05) is 19.2 Å². The summed E-state index contributed by atoms with van der Waals surface area (Å²) >= 11 is 0. The van der Waals surface area contributed by atoms with Crippen LogP contribution in [0.3, 0.4) is 0 Å². The molecule has 0 amide bonds. The maximum absolute atomic E-state index is 11.5. The Labute approximate surface area is 118 Å². The standard InChI is InChI=1S/C14H16N2O3S/c1-15-10-11-6-7-16-14(8-11)19-12-4-3-5-13(9-12)20(2,17)18/h3-9,15H,10H2,1-2H3. The second-order valence-electron chi connectivity index (χ2n) is 4.38. The highest BCUT2D eigenvalue weighted by Crippen LogP contribution is 2.23. The van der Waals surface area contributed by atoms with E-state index in [-0.39, 0.29) is 4.90 Å². The summed E-state index contributed by atoms with van der Waals surface area (Å²) in [5.41, 5.74) is 1.04. The van der Waals surface area contributed by atoms with Crippen LogP contribution in [0, 0.1) is 0 Å². The summed E-state index contributed by atoms with van der Waals surface area (Å²) < 4.78 is 28.6. The van der Waals surface area contributed by atoms with Gasteiger partial charge in [0, 0.05) is 25.1 Å². The quantitative estimate of drug-likeness (QED) is 0.913. The van der Waals surface area contributed by atoms with E-state index in [0.29, 0.717) is 18.2 Å². The van der Waals surface area contributed by atoms with Gasteiger partial charge in [-0.1, -0.05) is 6.07 Å². The minimum atomic E-state index is -3.24. The molecule has 106 valence electrons. The normalized spacial score (nSPS) is 11.3. The summed E-state index contributed by atoms with van der Waals surface area (Å²) in [5, 5.41) is 3.04. The Morgan fingerprint density at radius 1 is 1.25 bits per heavy atom. The van der Waals surface area contributed by atoms with Crippen molar-refractivity contribution in [3.8, 4) is 11.6 Å². The van der Waals surface area contributed by atoms with E-state index >= 15 is 0 Å². The van der Waals surface area contributed by atoms with Crippen molar-refractivity contribution in [2.45, 2.75) is 11.4 Å². The van der Waals surface area contributed by atoms with E-state index < -0.39 is 9.84 Å². The molecule has 2 rings (SSSR count). The topological polar surface area (TPSA) is 68.3 Å². The maximum atomic E-state index is 11.5. The third-order valence-electron chi connectivity index (χ3n) is 2.64. The highest BCUT2D eigenvalue weighted by Gasteiger charge is 2.08. The molecule has 1 aromatic carbocycles. The number of nitrogens with zero attached hydrogens (tertiary/aromatic N) is 1. The SMILES string of the molecule is CNCc1ccnc(Oc2cccc(S(C)(=O)=O)c2)c1. The van der Waals surface area contributed by atoms with Gasteiger partial charge in [-0.15, -0.1) is 0 Å². The Morgan fingerprint density at radius 2 is 2.05 bits per heavy atom. The lowest BCUT2D eigenvalue weighted by molar-refractivity contribution is 0.460. The van der Waals surface area contributed by atoms with Gasteiger partial charge in [0.1, 0.15) is 5.75 Å². The molecule has 0 atom stereocenters. The Morgan fingerprint density at radius 3 is 2.75 bits per heavy atom. The molecular formula is C14H16N2O3S. The van der Waals surface area contributed by atoms with Crippen molar-refractivity contribution >= 4 is 9.84 Å². The molecule has 0 radical (unpaired) electrons. The highest BCUT2D eigenvalue weighted by molar-refractivity contribution is 7.90. The van der Waals surface area contributed by atoms with Crippen LogP contribution in [0.25, 0.3) is 0 Å². The number of nitrogens with one attached hydrogen (secondary N) is 1. The second-order valence-corrected chi connectivity index (χ2v) is 6.40. The van der Waals surface area contributed by atoms with E-state index in [2.05, 4.69) is 10.3 Å². The predicted molar refractivity (Wildman–Crippen MR) is 76.6 cm³/mol. The average Bonchev–Trinajstić information content (AvgIpc) is 2.39. The van der Waals surface area contributed by atoms with Gasteiger partial charge < -0.3 is 10.1 Å². The summed E-state index contributed by atoms with van der Waals surface area (Å²) in [6, 6.07) is 10.1. The molecule has 20 heavy (non-hydrogen) atoms. The van der Waals surface area contributed by atoms with Crippen LogP contribution in [-0.4, -0.2) is 26.7 Å². The Kier molecular flexibility index (Phi) is 4.36. The van der Waals surface area contributed by atoms with E-state index in [4.69, 9.17) is 4.74 Å². The molecular weight excluding hydrogens is 276 g/mol. The van der Waals surface area contributed by atoms with Crippen LogP contribution >= 0.6 is 0 Å². The van der Waals surface area contributed by atoms with Crippen molar-refractivity contribution in [2.24, 2.45) is 0 Å². The van der Waals surface area contributed by atoms with Gasteiger partial charge in [-0.2, -0.15) is 0 Å². The van der Waals surface area contributed by atoms with Crippen LogP contribution in [-0.2, 0) is 16.4 Å². The lowest BCUT2D eigenvalue weighted by Gasteiger charge is -2.07. The third-order valence-corrected chi connectivity index (χ3v) is 3.75. The van der Waals surface area contributed by atoms with E-state index in [9.17, 15) is 8.42 Å². The molecule has 0 fully saturated rings. The Bertz CT molecular complexity index is 699. The second kappa shape index (κ2) is 6.02. The molecule has 1 heterocycles. The highest BCUT2D eigenvalue weighted by atomic mass is 32.2. The summed E-state index contributed by atoms with van der Waals surface area (Å²) in [5.74, 6) is 0.880. The fourth-order valence-electron chi connectivity index (χ4n) is 1.71. The lowest BCUT2D eigenvalue weighted by atomic mass is 10.2. The van der Waals surface area contributed by atoms with E-state index in [1.54, 1.807) is 18.3 Å². The third kappa shape index (κ3) is 3.79. The van der Waals surface area contributed by atoms with Gasteiger partial charge in [0.25, 0.3) is 0 Å². The molecule has 0 aliphatic heterocycles. The Hall–Kier alpha value is -1.92. The number of benzene rings is 1. The summed E-state index contributed by atoms with van der Waals surface area (Å²) in [7, 11) is -1.39. The first-order chi connectivity index (χ1) is 9.49. The molecule has 2 aromatic rings.